The molecule has 106 valence electrons. The number of thioether (sulfide) groups is 1. The van der Waals surface area contributed by atoms with E-state index in [9.17, 15) is 4.39 Å². The van der Waals surface area contributed by atoms with Gasteiger partial charge in [-0.25, -0.2) is 4.39 Å². The van der Waals surface area contributed by atoms with E-state index in [2.05, 4.69) is 27.5 Å². The topological polar surface area (TPSA) is 38.0 Å². The van der Waals surface area contributed by atoms with E-state index >= 15 is 0 Å². The van der Waals surface area contributed by atoms with E-state index in [4.69, 9.17) is 18.0 Å². The van der Waals surface area contributed by atoms with Crippen molar-refractivity contribution < 1.29 is 4.39 Å². The van der Waals surface area contributed by atoms with Crippen molar-refractivity contribution in [3.63, 3.8) is 0 Å². The molecule has 0 aliphatic heterocycles. The molecule has 3 N–H and O–H groups in total. The number of nitrogens with two attached hydrogens (primary N) is 1. The molecule has 0 saturated carbocycles. The molecule has 0 aliphatic rings. The van der Waals surface area contributed by atoms with Gasteiger partial charge in [-0.1, -0.05) is 18.6 Å². The molecule has 0 spiro atoms. The lowest BCUT2D eigenvalue weighted by atomic mass is 10.2. The highest BCUT2D eigenvalue weighted by atomic mass is 79.9. The Morgan fingerprint density at radius 3 is 2.79 bits per heavy atom. The van der Waals surface area contributed by atoms with Gasteiger partial charge in [-0.2, -0.15) is 11.8 Å². The van der Waals surface area contributed by atoms with Crippen molar-refractivity contribution in [1.29, 1.82) is 0 Å². The molecule has 0 saturated heterocycles. The van der Waals surface area contributed by atoms with Crippen molar-refractivity contribution in [2.24, 2.45) is 5.73 Å². The number of anilines is 1. The molecule has 1 aromatic rings. The van der Waals surface area contributed by atoms with Crippen LogP contribution in [0.4, 0.5) is 10.1 Å². The summed E-state index contributed by atoms with van der Waals surface area (Å²) in [5.74, 6) is 0.845. The predicted octanol–water partition coefficient (Wildman–Crippen LogP) is 4.17. The first kappa shape index (κ1) is 16.7. The number of thiocarbonyl (C=S) groups is 1. The summed E-state index contributed by atoms with van der Waals surface area (Å²) in [6.07, 6.45) is 5.50. The molecule has 19 heavy (non-hydrogen) atoms. The molecule has 6 heteroatoms. The second-order valence-corrected chi connectivity index (χ2v) is 6.35. The molecular formula is C13H18BrFN2S2. The number of benzene rings is 1. The van der Waals surface area contributed by atoms with Crippen molar-refractivity contribution in [1.82, 2.24) is 0 Å². The van der Waals surface area contributed by atoms with E-state index in [1.54, 1.807) is 12.1 Å². The van der Waals surface area contributed by atoms with Crippen LogP contribution in [0.15, 0.2) is 16.6 Å². The van der Waals surface area contributed by atoms with Gasteiger partial charge in [-0.15, -0.1) is 0 Å². The van der Waals surface area contributed by atoms with Crippen LogP contribution < -0.4 is 11.1 Å². The van der Waals surface area contributed by atoms with Gasteiger partial charge in [-0.05, 0) is 52.9 Å². The fraction of sp³-hybridized carbons (Fsp3) is 0.462. The monoisotopic (exact) mass is 364 g/mol. The van der Waals surface area contributed by atoms with Gasteiger partial charge >= 0.3 is 0 Å². The molecule has 0 amide bonds. The molecule has 1 aromatic carbocycles. The molecule has 0 fully saturated rings. The minimum atomic E-state index is -0.339. The normalized spacial score (nSPS) is 10.5. The third-order valence-corrected chi connectivity index (χ3v) is 4.38. The Morgan fingerprint density at radius 1 is 1.42 bits per heavy atom. The van der Waals surface area contributed by atoms with E-state index in [0.717, 1.165) is 19.4 Å². The fourth-order valence-electron chi connectivity index (χ4n) is 1.65. The second kappa shape index (κ2) is 8.76. The van der Waals surface area contributed by atoms with Gasteiger partial charge < -0.3 is 11.1 Å². The van der Waals surface area contributed by atoms with E-state index in [-0.39, 0.29) is 10.8 Å². The molecule has 2 nitrogen and oxygen atoms in total. The first-order chi connectivity index (χ1) is 9.07. The maximum absolute atomic E-state index is 14.0. The quantitative estimate of drug-likeness (QED) is 0.536. The van der Waals surface area contributed by atoms with Gasteiger partial charge in [0.25, 0.3) is 0 Å². The van der Waals surface area contributed by atoms with Crippen LogP contribution in [-0.2, 0) is 0 Å². The van der Waals surface area contributed by atoms with Crippen molar-refractivity contribution in [2.45, 2.75) is 19.3 Å². The zero-order valence-electron chi connectivity index (χ0n) is 10.8. The number of hydrogen-bond donors (Lipinski definition) is 2. The third-order valence-electron chi connectivity index (χ3n) is 2.69. The number of halogens is 2. The summed E-state index contributed by atoms with van der Waals surface area (Å²) >= 11 is 9.90. The highest BCUT2D eigenvalue weighted by molar-refractivity contribution is 9.10. The van der Waals surface area contributed by atoms with Crippen LogP contribution in [-0.4, -0.2) is 23.5 Å². The van der Waals surface area contributed by atoms with Gasteiger partial charge in [-0.3, -0.25) is 0 Å². The Kier molecular flexibility index (Phi) is 7.71. The summed E-state index contributed by atoms with van der Waals surface area (Å²) in [5, 5.41) is 3.10. The van der Waals surface area contributed by atoms with Crippen LogP contribution in [0.2, 0.25) is 0 Å². The summed E-state index contributed by atoms with van der Waals surface area (Å²) < 4.78 is 14.4. The Labute approximate surface area is 131 Å². The standard InChI is InChI=1S/C13H18BrFN2S2/c1-19-8-4-2-3-7-17-10-6-5-9(13(16)18)11(14)12(10)15/h5-6,17H,2-4,7-8H2,1H3,(H2,16,18). The van der Waals surface area contributed by atoms with Crippen molar-refractivity contribution >= 4 is 50.6 Å². The third kappa shape index (κ3) is 5.28. The molecule has 0 aliphatic carbocycles. The van der Waals surface area contributed by atoms with Crippen LogP contribution in [0.1, 0.15) is 24.8 Å². The summed E-state index contributed by atoms with van der Waals surface area (Å²) in [5.41, 5.74) is 6.52. The molecule has 0 unspecified atom stereocenters. The van der Waals surface area contributed by atoms with Gasteiger partial charge in [0.1, 0.15) is 4.99 Å². The van der Waals surface area contributed by atoms with E-state index in [1.807, 2.05) is 11.8 Å². The smallest absolute Gasteiger partial charge is 0.161 e. The first-order valence-corrected chi connectivity index (χ1v) is 8.68. The fourth-order valence-corrected chi connectivity index (χ4v) is 3.00. The maximum Gasteiger partial charge on any atom is 0.161 e. The van der Waals surface area contributed by atoms with E-state index < -0.39 is 0 Å². The lowest BCUT2D eigenvalue weighted by molar-refractivity contribution is 0.622. The van der Waals surface area contributed by atoms with Crippen LogP contribution >= 0.6 is 39.9 Å². The Balaban J connectivity index is 2.51. The largest absolute Gasteiger partial charge is 0.389 e. The molecule has 0 atom stereocenters. The number of nitrogens with one attached hydrogen (secondary N) is 1. The lowest BCUT2D eigenvalue weighted by Gasteiger charge is -2.11. The summed E-state index contributed by atoms with van der Waals surface area (Å²) in [6, 6.07) is 3.40. The number of hydrogen-bond acceptors (Lipinski definition) is 3. The average molecular weight is 365 g/mol. The SMILES string of the molecule is CSCCCCCNc1ccc(C(N)=S)c(Br)c1F. The minimum absolute atomic E-state index is 0.189. The number of unbranched alkanes of at least 4 members (excludes halogenated alkanes) is 2. The van der Waals surface area contributed by atoms with Gasteiger partial charge in [0.15, 0.2) is 5.82 Å². The van der Waals surface area contributed by atoms with Crippen LogP contribution in [0.3, 0.4) is 0 Å². The zero-order chi connectivity index (χ0) is 14.3. The Hall–Kier alpha value is -0.330. The van der Waals surface area contributed by atoms with Gasteiger partial charge in [0.05, 0.1) is 10.2 Å². The molecule has 0 bridgehead atoms. The van der Waals surface area contributed by atoms with Crippen LogP contribution in [0, 0.1) is 5.82 Å². The first-order valence-electron chi connectivity index (χ1n) is 6.08. The van der Waals surface area contributed by atoms with E-state index in [0.29, 0.717) is 15.7 Å². The minimum Gasteiger partial charge on any atom is -0.389 e. The number of rotatable bonds is 8. The zero-order valence-corrected chi connectivity index (χ0v) is 14.1. The molecular weight excluding hydrogens is 347 g/mol. The van der Waals surface area contributed by atoms with Gasteiger partial charge in [0, 0.05) is 12.1 Å². The summed E-state index contributed by atoms with van der Waals surface area (Å²) in [4.78, 5) is 0.189. The van der Waals surface area contributed by atoms with Crippen molar-refractivity contribution in [3.05, 3.63) is 28.0 Å². The highest BCUT2D eigenvalue weighted by Crippen LogP contribution is 2.27. The summed E-state index contributed by atoms with van der Waals surface area (Å²) in [6.45, 7) is 0.768. The molecule has 0 radical (unpaired) electrons. The Bertz CT molecular complexity index is 441. The average Bonchev–Trinajstić information content (AvgIpc) is 2.38. The molecule has 0 aromatic heterocycles. The highest BCUT2D eigenvalue weighted by Gasteiger charge is 2.12. The molecule has 1 rings (SSSR count). The van der Waals surface area contributed by atoms with E-state index in [1.165, 1.54) is 12.2 Å². The van der Waals surface area contributed by atoms with Crippen molar-refractivity contribution in [2.75, 3.05) is 23.9 Å². The maximum atomic E-state index is 14.0. The Morgan fingerprint density at radius 2 is 2.16 bits per heavy atom. The van der Waals surface area contributed by atoms with Crippen LogP contribution in [0.5, 0.6) is 0 Å². The van der Waals surface area contributed by atoms with Crippen molar-refractivity contribution in [3.8, 4) is 0 Å². The lowest BCUT2D eigenvalue weighted by Crippen LogP contribution is -2.12. The van der Waals surface area contributed by atoms with Crippen LogP contribution in [0.25, 0.3) is 0 Å². The predicted molar refractivity (Wildman–Crippen MR) is 90.7 cm³/mol. The molecule has 0 heterocycles. The van der Waals surface area contributed by atoms with Gasteiger partial charge in [0.2, 0.25) is 0 Å². The second-order valence-electron chi connectivity index (χ2n) is 4.13. The summed E-state index contributed by atoms with van der Waals surface area (Å²) in [7, 11) is 0.